The Hall–Kier alpha value is -3.73. The Kier molecular flexibility index (Phi) is 6.96. The van der Waals surface area contributed by atoms with E-state index >= 15 is 0 Å². The molecule has 12 heteroatoms. The molecule has 0 radical (unpaired) electrons. The fourth-order valence-electron chi connectivity index (χ4n) is 4.37. The van der Waals surface area contributed by atoms with Gasteiger partial charge >= 0.3 is 5.69 Å². The summed E-state index contributed by atoms with van der Waals surface area (Å²) < 4.78 is 1.14. The predicted octanol–water partition coefficient (Wildman–Crippen LogP) is 3.63. The fraction of sp³-hybridized carbons (Fsp3) is 0.240. The van der Waals surface area contributed by atoms with Crippen LogP contribution in [0.4, 0.5) is 17.5 Å². The second kappa shape index (κ2) is 10.3. The van der Waals surface area contributed by atoms with E-state index in [-0.39, 0.29) is 45.1 Å². The van der Waals surface area contributed by atoms with Gasteiger partial charge in [0, 0.05) is 30.0 Å². The minimum atomic E-state index is -0.677. The van der Waals surface area contributed by atoms with Gasteiger partial charge in [-0.1, -0.05) is 29.3 Å². The number of carbonyl (C=O) groups is 1. The number of hydrogen-bond acceptors (Lipinski definition) is 8. The van der Waals surface area contributed by atoms with Crippen molar-refractivity contribution in [1.29, 1.82) is 0 Å². The maximum absolute atomic E-state index is 12.8. The van der Waals surface area contributed by atoms with Gasteiger partial charge in [-0.05, 0) is 62.8 Å². The number of rotatable bonds is 5. The molecular weight excluding hydrogens is 515 g/mol. The fourth-order valence-corrected chi connectivity index (χ4v) is 4.94. The summed E-state index contributed by atoms with van der Waals surface area (Å²) in [5.74, 6) is 0.175. The van der Waals surface area contributed by atoms with E-state index in [1.165, 1.54) is 6.20 Å². The zero-order chi connectivity index (χ0) is 26.1. The zero-order valence-corrected chi connectivity index (χ0v) is 21.4. The number of nitrogens with zero attached hydrogens (tertiary/aromatic N) is 5. The number of hydrogen-bond donors (Lipinski definition) is 3. The van der Waals surface area contributed by atoms with E-state index in [0.29, 0.717) is 16.6 Å². The Morgan fingerprint density at radius 1 is 1.11 bits per heavy atom. The monoisotopic (exact) mass is 538 g/mol. The number of nitrogen functional groups attached to an aromatic ring is 1. The molecule has 2 aromatic carbocycles. The van der Waals surface area contributed by atoms with Gasteiger partial charge in [-0.3, -0.25) is 4.79 Å². The van der Waals surface area contributed by atoms with Gasteiger partial charge in [-0.25, -0.2) is 14.3 Å². The second-order valence-electron chi connectivity index (χ2n) is 8.89. The lowest BCUT2D eigenvalue weighted by Gasteiger charge is -2.30. The van der Waals surface area contributed by atoms with Crippen LogP contribution < -0.4 is 22.1 Å². The van der Waals surface area contributed by atoms with Crippen molar-refractivity contribution in [3.63, 3.8) is 0 Å². The second-order valence-corrected chi connectivity index (χ2v) is 9.71. The molecule has 1 atom stereocenters. The van der Waals surface area contributed by atoms with Crippen molar-refractivity contribution in [2.45, 2.75) is 18.9 Å². The molecule has 0 aliphatic carbocycles. The molecule has 0 saturated carbocycles. The topological polar surface area (TPSA) is 131 Å². The van der Waals surface area contributed by atoms with Gasteiger partial charge in [0.2, 0.25) is 5.95 Å². The quantitative estimate of drug-likeness (QED) is 0.351. The van der Waals surface area contributed by atoms with Gasteiger partial charge in [0.15, 0.2) is 5.65 Å². The molecule has 1 unspecified atom stereocenters. The summed E-state index contributed by atoms with van der Waals surface area (Å²) in [6.07, 6.45) is 3.51. The number of anilines is 3. The SMILES string of the molecule is CN1CCCC(NC(=O)c2ccc(Nc3ncc4c(N)n(-c5c(Cl)cccc5Cl)c(=O)nc4n3)cc2)C1. The Labute approximate surface area is 222 Å². The van der Waals surface area contributed by atoms with Crippen LogP contribution in [0.2, 0.25) is 10.0 Å². The molecule has 5 rings (SSSR count). The van der Waals surface area contributed by atoms with Gasteiger partial charge in [0.1, 0.15) is 5.82 Å². The van der Waals surface area contributed by atoms with E-state index in [9.17, 15) is 9.59 Å². The number of para-hydroxylation sites is 1. The van der Waals surface area contributed by atoms with Crippen molar-refractivity contribution in [3.8, 4) is 5.69 Å². The minimum Gasteiger partial charge on any atom is -0.384 e. The van der Waals surface area contributed by atoms with Crippen LogP contribution in [0.15, 0.2) is 53.5 Å². The van der Waals surface area contributed by atoms with Crippen molar-refractivity contribution >= 4 is 57.6 Å². The molecule has 37 heavy (non-hydrogen) atoms. The highest BCUT2D eigenvalue weighted by Crippen LogP contribution is 2.30. The largest absolute Gasteiger partial charge is 0.384 e. The van der Waals surface area contributed by atoms with Crippen molar-refractivity contribution in [2.24, 2.45) is 0 Å². The molecular formula is C25H24Cl2N8O2. The van der Waals surface area contributed by atoms with Crippen LogP contribution in [-0.4, -0.2) is 56.5 Å². The number of nitrogens with one attached hydrogen (secondary N) is 2. The summed E-state index contributed by atoms with van der Waals surface area (Å²) in [6, 6.07) is 12.0. The standard InChI is InChI=1S/C25H24Cl2N8O2/c1-34-11-3-4-16(13-34)30-23(36)14-7-9-15(10-8-14)31-24-29-12-17-21(28)35(25(37)33-22(17)32-24)20-18(26)5-2-6-19(20)27/h2,5-10,12,16H,3-4,11,13,28H2,1H3,(H,30,36)(H,31,32,33,37). The average molecular weight is 539 g/mol. The molecule has 0 bridgehead atoms. The molecule has 1 amide bonds. The normalized spacial score (nSPS) is 16.0. The molecule has 1 aliphatic rings. The Morgan fingerprint density at radius 3 is 2.54 bits per heavy atom. The van der Waals surface area contributed by atoms with Gasteiger partial charge < -0.3 is 21.3 Å². The Bertz CT molecular complexity index is 1520. The third-order valence-electron chi connectivity index (χ3n) is 6.20. The van der Waals surface area contributed by atoms with E-state index < -0.39 is 5.69 Å². The summed E-state index contributed by atoms with van der Waals surface area (Å²) in [6.45, 7) is 1.90. The highest BCUT2D eigenvalue weighted by atomic mass is 35.5. The maximum Gasteiger partial charge on any atom is 0.355 e. The highest BCUT2D eigenvalue weighted by Gasteiger charge is 2.20. The van der Waals surface area contributed by atoms with Crippen molar-refractivity contribution in [3.05, 3.63) is 74.8 Å². The third-order valence-corrected chi connectivity index (χ3v) is 6.81. The first kappa shape index (κ1) is 24.9. The van der Waals surface area contributed by atoms with E-state index in [0.717, 1.165) is 30.5 Å². The number of piperidine rings is 1. The summed E-state index contributed by atoms with van der Waals surface area (Å²) >= 11 is 12.5. The first-order chi connectivity index (χ1) is 17.8. The van der Waals surface area contributed by atoms with E-state index in [2.05, 4.69) is 37.5 Å². The lowest BCUT2D eigenvalue weighted by molar-refractivity contribution is 0.0912. The zero-order valence-electron chi connectivity index (χ0n) is 19.9. The minimum absolute atomic E-state index is 0.0658. The van der Waals surface area contributed by atoms with Crippen molar-refractivity contribution in [1.82, 2.24) is 29.7 Å². The molecule has 0 spiro atoms. The number of aromatic nitrogens is 4. The van der Waals surface area contributed by atoms with Gasteiger partial charge in [-0.15, -0.1) is 0 Å². The first-order valence-corrected chi connectivity index (χ1v) is 12.4. The number of fused-ring (bicyclic) bond motifs is 1. The summed E-state index contributed by atoms with van der Waals surface area (Å²) in [7, 11) is 2.06. The average Bonchev–Trinajstić information content (AvgIpc) is 2.86. The number of carbonyl (C=O) groups excluding carboxylic acids is 1. The van der Waals surface area contributed by atoms with Crippen LogP contribution in [0.25, 0.3) is 16.7 Å². The molecule has 3 heterocycles. The number of halogens is 2. The lowest BCUT2D eigenvalue weighted by atomic mass is 10.1. The highest BCUT2D eigenvalue weighted by molar-refractivity contribution is 6.37. The number of likely N-dealkylation sites (tertiary alicyclic amines) is 1. The van der Waals surface area contributed by atoms with Crippen LogP contribution in [0, 0.1) is 0 Å². The Balaban J connectivity index is 1.35. The van der Waals surface area contributed by atoms with Crippen LogP contribution in [-0.2, 0) is 0 Å². The molecule has 1 aliphatic heterocycles. The van der Waals surface area contributed by atoms with Crippen LogP contribution >= 0.6 is 23.2 Å². The summed E-state index contributed by atoms with van der Waals surface area (Å²) in [4.78, 5) is 40.4. The van der Waals surface area contributed by atoms with Gasteiger partial charge in [-0.2, -0.15) is 9.97 Å². The molecule has 1 saturated heterocycles. The van der Waals surface area contributed by atoms with Gasteiger partial charge in [0.05, 0.1) is 21.1 Å². The molecule has 1 fully saturated rings. The summed E-state index contributed by atoms with van der Waals surface area (Å²) in [5.41, 5.74) is 7.18. The third kappa shape index (κ3) is 5.22. The molecule has 10 nitrogen and oxygen atoms in total. The van der Waals surface area contributed by atoms with Crippen molar-refractivity contribution < 1.29 is 4.79 Å². The predicted molar refractivity (Wildman–Crippen MR) is 145 cm³/mol. The smallest absolute Gasteiger partial charge is 0.355 e. The number of likely N-dealkylation sites (N-methyl/N-ethyl adjacent to an activating group) is 1. The molecule has 4 aromatic rings. The number of amides is 1. The van der Waals surface area contributed by atoms with E-state index in [1.807, 2.05) is 0 Å². The van der Waals surface area contributed by atoms with Crippen LogP contribution in [0.1, 0.15) is 23.2 Å². The summed E-state index contributed by atoms with van der Waals surface area (Å²) in [5, 5.41) is 7.03. The Morgan fingerprint density at radius 2 is 1.84 bits per heavy atom. The number of benzene rings is 2. The van der Waals surface area contributed by atoms with Crippen LogP contribution in [0.3, 0.4) is 0 Å². The molecule has 2 aromatic heterocycles. The van der Waals surface area contributed by atoms with E-state index in [4.69, 9.17) is 28.9 Å². The number of nitrogens with two attached hydrogens (primary N) is 1. The van der Waals surface area contributed by atoms with Crippen LogP contribution in [0.5, 0.6) is 0 Å². The van der Waals surface area contributed by atoms with Gasteiger partial charge in [0.25, 0.3) is 5.91 Å². The maximum atomic E-state index is 12.8. The lowest BCUT2D eigenvalue weighted by Crippen LogP contribution is -2.46. The van der Waals surface area contributed by atoms with Crippen molar-refractivity contribution in [2.75, 3.05) is 31.2 Å². The molecule has 4 N–H and O–H groups in total. The first-order valence-electron chi connectivity index (χ1n) is 11.7. The van der Waals surface area contributed by atoms with E-state index in [1.54, 1.807) is 42.5 Å². The molecule has 190 valence electrons.